The largest absolute Gasteiger partial charge is 0.329 e. The summed E-state index contributed by atoms with van der Waals surface area (Å²) in [6.45, 7) is 0.944. The standard InChI is InChI=1S/C20H18ClN3O2/c1-23-16-12-24(11-13-5-3-2-4-6-13)19(25)17(16)18(22-20(23)26)14-7-9-15(21)10-8-14/h2-10,18H,11-12H2,1H3,(H,22,26)/t18-/m0/s1. The second kappa shape index (κ2) is 6.50. The lowest BCUT2D eigenvalue weighted by Crippen LogP contribution is -2.45. The quantitative estimate of drug-likeness (QED) is 0.904. The Morgan fingerprint density at radius 1 is 1.08 bits per heavy atom. The predicted octanol–water partition coefficient (Wildman–Crippen LogP) is 3.33. The van der Waals surface area contributed by atoms with Crippen molar-refractivity contribution in [2.45, 2.75) is 12.6 Å². The molecule has 3 amide bonds. The van der Waals surface area contributed by atoms with Crippen molar-refractivity contribution in [3.63, 3.8) is 0 Å². The Bertz CT molecular complexity index is 893. The summed E-state index contributed by atoms with van der Waals surface area (Å²) in [4.78, 5) is 28.8. The lowest BCUT2D eigenvalue weighted by atomic mass is 9.96. The maximum absolute atomic E-state index is 13.1. The van der Waals surface area contributed by atoms with E-state index in [9.17, 15) is 9.59 Å². The van der Waals surface area contributed by atoms with Crippen LogP contribution in [0.2, 0.25) is 5.02 Å². The molecule has 0 saturated heterocycles. The molecule has 26 heavy (non-hydrogen) atoms. The predicted molar refractivity (Wildman–Crippen MR) is 99.4 cm³/mol. The molecule has 2 aromatic carbocycles. The van der Waals surface area contributed by atoms with E-state index in [1.165, 1.54) is 4.90 Å². The third kappa shape index (κ3) is 2.84. The van der Waals surface area contributed by atoms with Crippen LogP contribution in [-0.2, 0) is 11.3 Å². The van der Waals surface area contributed by atoms with Crippen molar-refractivity contribution in [2.24, 2.45) is 0 Å². The first-order chi connectivity index (χ1) is 12.5. The van der Waals surface area contributed by atoms with Crippen molar-refractivity contribution < 1.29 is 9.59 Å². The fourth-order valence-electron chi connectivity index (χ4n) is 3.46. The summed E-state index contributed by atoms with van der Waals surface area (Å²) in [6.07, 6.45) is 0. The smallest absolute Gasteiger partial charge is 0.322 e. The molecule has 2 aromatic rings. The molecule has 0 unspecified atom stereocenters. The van der Waals surface area contributed by atoms with Gasteiger partial charge in [0, 0.05) is 18.6 Å². The van der Waals surface area contributed by atoms with Crippen molar-refractivity contribution in [3.8, 4) is 0 Å². The number of urea groups is 1. The summed E-state index contributed by atoms with van der Waals surface area (Å²) in [5, 5.41) is 3.54. The number of benzene rings is 2. The minimum absolute atomic E-state index is 0.0457. The van der Waals surface area contributed by atoms with Gasteiger partial charge < -0.3 is 10.2 Å². The van der Waals surface area contributed by atoms with E-state index in [4.69, 9.17) is 11.6 Å². The third-order valence-corrected chi connectivity index (χ3v) is 5.11. The third-order valence-electron chi connectivity index (χ3n) is 4.85. The molecule has 5 nitrogen and oxygen atoms in total. The average Bonchev–Trinajstić information content (AvgIpc) is 2.97. The number of nitrogens with one attached hydrogen (secondary N) is 1. The Labute approximate surface area is 156 Å². The molecule has 0 aliphatic carbocycles. The highest BCUT2D eigenvalue weighted by atomic mass is 35.5. The van der Waals surface area contributed by atoms with E-state index < -0.39 is 6.04 Å². The van der Waals surface area contributed by atoms with Crippen LogP contribution in [0.4, 0.5) is 4.79 Å². The van der Waals surface area contributed by atoms with Crippen molar-refractivity contribution in [2.75, 3.05) is 13.6 Å². The monoisotopic (exact) mass is 367 g/mol. The Morgan fingerprint density at radius 3 is 2.46 bits per heavy atom. The first kappa shape index (κ1) is 16.7. The minimum Gasteiger partial charge on any atom is -0.329 e. The molecule has 2 heterocycles. The maximum Gasteiger partial charge on any atom is 0.322 e. The first-order valence-electron chi connectivity index (χ1n) is 8.40. The molecule has 0 bridgehead atoms. The van der Waals surface area contributed by atoms with Gasteiger partial charge in [0.15, 0.2) is 0 Å². The van der Waals surface area contributed by atoms with Crippen LogP contribution in [-0.4, -0.2) is 35.3 Å². The van der Waals surface area contributed by atoms with E-state index in [1.54, 1.807) is 24.1 Å². The number of carbonyl (C=O) groups excluding carboxylic acids is 2. The summed E-state index contributed by atoms with van der Waals surface area (Å²) in [5.41, 5.74) is 3.30. The first-order valence-corrected chi connectivity index (χ1v) is 8.78. The highest BCUT2D eigenvalue weighted by molar-refractivity contribution is 6.30. The zero-order chi connectivity index (χ0) is 18.3. The Morgan fingerprint density at radius 2 is 1.77 bits per heavy atom. The van der Waals surface area contributed by atoms with E-state index in [-0.39, 0.29) is 11.9 Å². The topological polar surface area (TPSA) is 52.7 Å². The zero-order valence-electron chi connectivity index (χ0n) is 14.3. The molecule has 2 aliphatic rings. The molecule has 6 heteroatoms. The normalized spacial score (nSPS) is 19.7. The lowest BCUT2D eigenvalue weighted by Gasteiger charge is -2.31. The van der Waals surface area contributed by atoms with Crippen molar-refractivity contribution in [1.82, 2.24) is 15.1 Å². The van der Waals surface area contributed by atoms with Gasteiger partial charge in [0.05, 0.1) is 23.9 Å². The van der Waals surface area contributed by atoms with E-state index >= 15 is 0 Å². The Hall–Kier alpha value is -2.79. The number of amides is 3. The molecular formula is C20H18ClN3O2. The van der Waals surface area contributed by atoms with Crippen LogP contribution in [0.25, 0.3) is 0 Å². The molecule has 0 saturated carbocycles. The fourth-order valence-corrected chi connectivity index (χ4v) is 3.59. The van der Waals surface area contributed by atoms with Gasteiger partial charge in [-0.1, -0.05) is 54.1 Å². The number of rotatable bonds is 3. The van der Waals surface area contributed by atoms with E-state index in [0.29, 0.717) is 23.7 Å². The number of hydrogen-bond donors (Lipinski definition) is 1. The second-order valence-corrected chi connectivity index (χ2v) is 6.94. The van der Waals surface area contributed by atoms with Crippen LogP contribution >= 0.6 is 11.6 Å². The van der Waals surface area contributed by atoms with E-state index in [0.717, 1.165) is 16.8 Å². The van der Waals surface area contributed by atoms with Gasteiger partial charge in [-0.3, -0.25) is 9.69 Å². The van der Waals surface area contributed by atoms with Crippen LogP contribution < -0.4 is 5.32 Å². The summed E-state index contributed by atoms with van der Waals surface area (Å²) < 4.78 is 0. The van der Waals surface area contributed by atoms with Crippen LogP contribution in [0, 0.1) is 0 Å². The van der Waals surface area contributed by atoms with Crippen molar-refractivity contribution in [3.05, 3.63) is 82.0 Å². The molecular weight excluding hydrogens is 350 g/mol. The van der Waals surface area contributed by atoms with Gasteiger partial charge in [-0.05, 0) is 23.3 Å². The van der Waals surface area contributed by atoms with Gasteiger partial charge in [0.2, 0.25) is 0 Å². The van der Waals surface area contributed by atoms with Crippen molar-refractivity contribution in [1.29, 1.82) is 0 Å². The van der Waals surface area contributed by atoms with Gasteiger partial charge >= 0.3 is 6.03 Å². The van der Waals surface area contributed by atoms with Crippen LogP contribution in [0.1, 0.15) is 17.2 Å². The summed E-state index contributed by atoms with van der Waals surface area (Å²) in [7, 11) is 1.70. The molecule has 0 radical (unpaired) electrons. The molecule has 4 rings (SSSR count). The van der Waals surface area contributed by atoms with E-state index in [1.807, 2.05) is 42.5 Å². The summed E-state index contributed by atoms with van der Waals surface area (Å²) >= 11 is 5.97. The summed E-state index contributed by atoms with van der Waals surface area (Å²) in [6, 6.07) is 16.4. The number of carbonyl (C=O) groups is 2. The molecule has 2 aliphatic heterocycles. The highest BCUT2D eigenvalue weighted by Gasteiger charge is 2.42. The number of likely N-dealkylation sites (N-methyl/N-ethyl adjacent to an activating group) is 1. The molecule has 0 fully saturated rings. The zero-order valence-corrected chi connectivity index (χ0v) is 15.0. The highest BCUT2D eigenvalue weighted by Crippen LogP contribution is 2.36. The summed E-state index contributed by atoms with van der Waals surface area (Å²) in [5.74, 6) is -0.0457. The van der Waals surface area contributed by atoms with Gasteiger partial charge in [-0.15, -0.1) is 0 Å². The second-order valence-electron chi connectivity index (χ2n) is 6.50. The molecule has 1 atom stereocenters. The van der Waals surface area contributed by atoms with Crippen molar-refractivity contribution >= 4 is 23.5 Å². The van der Waals surface area contributed by atoms with Crippen LogP contribution in [0.15, 0.2) is 65.9 Å². The van der Waals surface area contributed by atoms with Gasteiger partial charge in [0.1, 0.15) is 0 Å². The molecule has 132 valence electrons. The van der Waals surface area contributed by atoms with E-state index in [2.05, 4.69) is 5.32 Å². The maximum atomic E-state index is 13.1. The van der Waals surface area contributed by atoms with Crippen LogP contribution in [0.5, 0.6) is 0 Å². The Balaban J connectivity index is 1.67. The number of nitrogens with zero attached hydrogens (tertiary/aromatic N) is 2. The molecule has 0 aromatic heterocycles. The van der Waals surface area contributed by atoms with Gasteiger partial charge in [0.25, 0.3) is 5.91 Å². The van der Waals surface area contributed by atoms with Gasteiger partial charge in [-0.25, -0.2) is 4.79 Å². The lowest BCUT2D eigenvalue weighted by molar-refractivity contribution is -0.126. The van der Waals surface area contributed by atoms with Crippen LogP contribution in [0.3, 0.4) is 0 Å². The minimum atomic E-state index is -0.459. The van der Waals surface area contributed by atoms with Gasteiger partial charge in [-0.2, -0.15) is 0 Å². The molecule has 0 spiro atoms. The number of halogens is 1. The number of hydrogen-bond acceptors (Lipinski definition) is 2. The Kier molecular flexibility index (Phi) is 4.17. The average molecular weight is 368 g/mol. The molecule has 1 N–H and O–H groups in total. The SMILES string of the molecule is CN1C(=O)N[C@@H](c2ccc(Cl)cc2)C2=C1CN(Cc1ccccc1)C2=O. The fraction of sp³-hybridized carbons (Fsp3) is 0.200.